The normalized spacial score (nSPS) is 10.7. The summed E-state index contributed by atoms with van der Waals surface area (Å²) in [5.74, 6) is 0.284. The van der Waals surface area contributed by atoms with Gasteiger partial charge in [-0.1, -0.05) is 24.3 Å². The molecule has 0 unspecified atom stereocenters. The number of carbonyl (C=O) groups is 2. The number of benzene rings is 2. The van der Waals surface area contributed by atoms with Crippen LogP contribution in [0.2, 0.25) is 0 Å². The van der Waals surface area contributed by atoms with E-state index in [9.17, 15) is 14.4 Å². The van der Waals surface area contributed by atoms with Crippen molar-refractivity contribution in [2.45, 2.75) is 26.2 Å². The zero-order valence-corrected chi connectivity index (χ0v) is 14.4. The number of aryl methyl sites for hydroxylation is 1. The van der Waals surface area contributed by atoms with Gasteiger partial charge >= 0.3 is 0 Å². The number of aromatic amines is 1. The van der Waals surface area contributed by atoms with Crippen molar-refractivity contribution in [1.82, 2.24) is 9.97 Å². The molecule has 0 saturated heterocycles. The van der Waals surface area contributed by atoms with E-state index in [1.54, 1.807) is 42.5 Å². The van der Waals surface area contributed by atoms with Crippen LogP contribution in [0, 0.1) is 0 Å². The van der Waals surface area contributed by atoms with Crippen LogP contribution >= 0.6 is 0 Å². The first-order valence-electron chi connectivity index (χ1n) is 8.42. The van der Waals surface area contributed by atoms with Crippen molar-refractivity contribution in [3.63, 3.8) is 0 Å². The second-order valence-corrected chi connectivity index (χ2v) is 6.03. The van der Waals surface area contributed by atoms with Gasteiger partial charge in [-0.3, -0.25) is 14.4 Å². The van der Waals surface area contributed by atoms with Crippen molar-refractivity contribution >= 4 is 28.3 Å². The molecule has 0 fully saturated rings. The quantitative estimate of drug-likeness (QED) is 0.669. The highest BCUT2D eigenvalue weighted by Crippen LogP contribution is 2.16. The molecule has 0 saturated carbocycles. The zero-order chi connectivity index (χ0) is 18.5. The van der Waals surface area contributed by atoms with E-state index in [1.165, 1.54) is 6.92 Å². The molecule has 0 aliphatic carbocycles. The number of amides is 1. The van der Waals surface area contributed by atoms with Crippen molar-refractivity contribution in [3.05, 3.63) is 70.3 Å². The number of ketones is 1. The number of nitrogens with one attached hydrogen (secondary N) is 2. The maximum absolute atomic E-state index is 12.1. The highest BCUT2D eigenvalue weighted by Gasteiger charge is 2.10. The van der Waals surface area contributed by atoms with Crippen molar-refractivity contribution in [2.24, 2.45) is 0 Å². The number of anilines is 1. The van der Waals surface area contributed by atoms with Gasteiger partial charge in [0.15, 0.2) is 5.78 Å². The summed E-state index contributed by atoms with van der Waals surface area (Å²) in [6, 6.07) is 14.1. The summed E-state index contributed by atoms with van der Waals surface area (Å²) in [4.78, 5) is 42.9. The zero-order valence-electron chi connectivity index (χ0n) is 14.4. The third-order valence-corrected chi connectivity index (χ3v) is 4.06. The number of carbonyl (C=O) groups excluding carboxylic acids is 2. The molecule has 0 aliphatic rings. The van der Waals surface area contributed by atoms with Crippen LogP contribution in [-0.4, -0.2) is 21.7 Å². The molecule has 132 valence electrons. The minimum Gasteiger partial charge on any atom is -0.325 e. The number of Topliss-reactive ketones (excluding diaryl/α,β-unsaturated/α-hetero) is 1. The molecular weight excluding hydrogens is 330 g/mol. The van der Waals surface area contributed by atoms with Gasteiger partial charge in [0.2, 0.25) is 5.91 Å². The van der Waals surface area contributed by atoms with Crippen LogP contribution in [0.5, 0.6) is 0 Å². The predicted molar refractivity (Wildman–Crippen MR) is 100 cm³/mol. The molecule has 26 heavy (non-hydrogen) atoms. The van der Waals surface area contributed by atoms with E-state index >= 15 is 0 Å². The maximum atomic E-state index is 12.1. The summed E-state index contributed by atoms with van der Waals surface area (Å²) in [5, 5.41) is 3.32. The minimum atomic E-state index is -0.179. The molecule has 6 nitrogen and oxygen atoms in total. The lowest BCUT2D eigenvalue weighted by molar-refractivity contribution is -0.116. The molecule has 6 heteroatoms. The summed E-state index contributed by atoms with van der Waals surface area (Å²) in [5.41, 5.74) is 1.47. The van der Waals surface area contributed by atoms with Crippen molar-refractivity contribution in [1.29, 1.82) is 0 Å². The third kappa shape index (κ3) is 4.03. The standard InChI is InChI=1S/C20H19N3O3/c1-13(24)14-7-2-4-9-16(14)22-19(25)12-6-11-18-21-17-10-5-3-8-15(17)20(26)23-18/h2-5,7-10H,6,11-12H2,1H3,(H,22,25)(H,21,23,26). The minimum absolute atomic E-state index is 0.0983. The lowest BCUT2D eigenvalue weighted by Crippen LogP contribution is -2.15. The van der Waals surface area contributed by atoms with Crippen LogP contribution in [0.4, 0.5) is 5.69 Å². The van der Waals surface area contributed by atoms with Crippen LogP contribution in [0.25, 0.3) is 10.9 Å². The van der Waals surface area contributed by atoms with Gasteiger partial charge in [0.25, 0.3) is 5.56 Å². The van der Waals surface area contributed by atoms with Gasteiger partial charge < -0.3 is 10.3 Å². The monoisotopic (exact) mass is 349 g/mol. The topological polar surface area (TPSA) is 91.9 Å². The first-order chi connectivity index (χ1) is 12.5. The molecule has 1 amide bonds. The largest absolute Gasteiger partial charge is 0.325 e. The fourth-order valence-electron chi connectivity index (χ4n) is 2.78. The summed E-state index contributed by atoms with van der Waals surface area (Å²) in [7, 11) is 0. The number of rotatable bonds is 6. The number of aromatic nitrogens is 2. The molecular formula is C20H19N3O3. The molecule has 3 rings (SSSR count). The second kappa shape index (κ2) is 7.74. The fourth-order valence-corrected chi connectivity index (χ4v) is 2.78. The van der Waals surface area contributed by atoms with Crippen molar-refractivity contribution < 1.29 is 9.59 Å². The van der Waals surface area contributed by atoms with Crippen LogP contribution in [0.15, 0.2) is 53.3 Å². The highest BCUT2D eigenvalue weighted by atomic mass is 16.2. The molecule has 0 spiro atoms. The Bertz CT molecular complexity index is 1020. The Labute approximate surface area is 150 Å². The van der Waals surface area contributed by atoms with E-state index in [4.69, 9.17) is 0 Å². The molecule has 0 aliphatic heterocycles. The Hall–Kier alpha value is -3.28. The van der Waals surface area contributed by atoms with E-state index in [2.05, 4.69) is 15.3 Å². The first-order valence-corrected chi connectivity index (χ1v) is 8.42. The van der Waals surface area contributed by atoms with Crippen molar-refractivity contribution in [3.8, 4) is 0 Å². The fraction of sp³-hybridized carbons (Fsp3) is 0.200. The number of H-pyrrole nitrogens is 1. The van der Waals surface area contributed by atoms with Crippen LogP contribution in [0.1, 0.15) is 35.9 Å². The highest BCUT2D eigenvalue weighted by molar-refractivity contribution is 6.03. The Morgan fingerprint density at radius 3 is 2.62 bits per heavy atom. The van der Waals surface area contributed by atoms with Crippen LogP contribution < -0.4 is 10.9 Å². The van der Waals surface area contributed by atoms with Gasteiger partial charge in [-0.2, -0.15) is 0 Å². The smallest absolute Gasteiger partial charge is 0.258 e. The molecule has 1 aromatic heterocycles. The number of nitrogens with zero attached hydrogens (tertiary/aromatic N) is 1. The van der Waals surface area contributed by atoms with Gasteiger partial charge in [0.05, 0.1) is 16.6 Å². The van der Waals surface area contributed by atoms with E-state index in [-0.39, 0.29) is 23.7 Å². The Balaban J connectivity index is 1.61. The first kappa shape index (κ1) is 17.5. The summed E-state index contributed by atoms with van der Waals surface area (Å²) >= 11 is 0. The van der Waals surface area contributed by atoms with Gasteiger partial charge in [0, 0.05) is 18.4 Å². The van der Waals surface area contributed by atoms with Crippen LogP contribution in [0.3, 0.4) is 0 Å². The van der Waals surface area contributed by atoms with Crippen molar-refractivity contribution in [2.75, 3.05) is 5.32 Å². The Morgan fingerprint density at radius 1 is 1.08 bits per heavy atom. The van der Waals surface area contributed by atoms with E-state index < -0.39 is 0 Å². The number of hydrogen-bond acceptors (Lipinski definition) is 4. The summed E-state index contributed by atoms with van der Waals surface area (Å²) in [6.07, 6.45) is 1.29. The number of fused-ring (bicyclic) bond motifs is 1. The number of hydrogen-bond donors (Lipinski definition) is 2. The van der Waals surface area contributed by atoms with Gasteiger partial charge in [-0.25, -0.2) is 4.98 Å². The third-order valence-electron chi connectivity index (χ3n) is 4.06. The second-order valence-electron chi connectivity index (χ2n) is 6.03. The van der Waals surface area contributed by atoms with Crippen LogP contribution in [-0.2, 0) is 11.2 Å². The summed E-state index contributed by atoms with van der Waals surface area (Å²) in [6.45, 7) is 1.47. The Kier molecular flexibility index (Phi) is 5.22. The summed E-state index contributed by atoms with van der Waals surface area (Å²) < 4.78 is 0. The SMILES string of the molecule is CC(=O)c1ccccc1NC(=O)CCCc1nc2ccccc2c(=O)[nH]1. The average molecular weight is 349 g/mol. The molecule has 3 aromatic rings. The molecule has 0 bridgehead atoms. The molecule has 0 atom stereocenters. The Morgan fingerprint density at radius 2 is 1.81 bits per heavy atom. The predicted octanol–water partition coefficient (Wildman–Crippen LogP) is 3.09. The molecule has 2 aromatic carbocycles. The number of para-hydroxylation sites is 2. The maximum Gasteiger partial charge on any atom is 0.258 e. The lowest BCUT2D eigenvalue weighted by atomic mass is 10.1. The van der Waals surface area contributed by atoms with E-state index in [0.29, 0.717) is 40.8 Å². The molecule has 2 N–H and O–H groups in total. The lowest BCUT2D eigenvalue weighted by Gasteiger charge is -2.09. The molecule has 1 heterocycles. The van der Waals surface area contributed by atoms with Gasteiger partial charge in [0.1, 0.15) is 5.82 Å². The van der Waals surface area contributed by atoms with E-state index in [1.807, 2.05) is 6.07 Å². The van der Waals surface area contributed by atoms with Gasteiger partial charge in [-0.15, -0.1) is 0 Å². The average Bonchev–Trinajstić information content (AvgIpc) is 2.62. The van der Waals surface area contributed by atoms with E-state index in [0.717, 1.165) is 0 Å². The molecule has 0 radical (unpaired) electrons. The van der Waals surface area contributed by atoms with Gasteiger partial charge in [-0.05, 0) is 37.6 Å².